The second-order valence-electron chi connectivity index (χ2n) is 3.92. The van der Waals surface area contributed by atoms with Gasteiger partial charge in [-0.1, -0.05) is 35.5 Å². The molecule has 2 rings (SSSR count). The second-order valence-corrected chi connectivity index (χ2v) is 4.98. The van der Waals surface area contributed by atoms with Gasteiger partial charge in [0.15, 0.2) is 0 Å². The number of hydrogen-bond acceptors (Lipinski definition) is 3. The lowest BCUT2D eigenvalue weighted by Gasteiger charge is -2.06. The van der Waals surface area contributed by atoms with Crippen LogP contribution in [0.4, 0.5) is 0 Å². The minimum Gasteiger partial charge on any atom is -0.330 e. The third-order valence-corrected chi connectivity index (χ3v) is 3.57. The zero-order valence-corrected chi connectivity index (χ0v) is 10.7. The molecule has 0 fully saturated rings. The molecule has 0 aliphatic heterocycles. The zero-order valence-electron chi connectivity index (χ0n) is 9.89. The van der Waals surface area contributed by atoms with Crippen molar-refractivity contribution >= 4 is 11.8 Å². The average molecular weight is 244 g/mol. The third-order valence-electron chi connectivity index (χ3n) is 2.50. The van der Waals surface area contributed by atoms with Crippen LogP contribution in [-0.2, 0) is 6.42 Å². The molecule has 17 heavy (non-hydrogen) atoms. The number of nitrogens with zero attached hydrogens (tertiary/aromatic N) is 1. The van der Waals surface area contributed by atoms with Gasteiger partial charge in [-0.05, 0) is 43.7 Å². The SMILES string of the molecule is Cc1ccc(Sc2ncccc2CCN)cc1. The van der Waals surface area contributed by atoms with Crippen LogP contribution >= 0.6 is 11.8 Å². The van der Waals surface area contributed by atoms with E-state index in [9.17, 15) is 0 Å². The van der Waals surface area contributed by atoms with Crippen molar-refractivity contribution in [2.75, 3.05) is 6.54 Å². The highest BCUT2D eigenvalue weighted by Gasteiger charge is 2.04. The molecule has 0 radical (unpaired) electrons. The summed E-state index contributed by atoms with van der Waals surface area (Å²) in [6.07, 6.45) is 2.71. The summed E-state index contributed by atoms with van der Waals surface area (Å²) in [4.78, 5) is 5.64. The molecule has 0 aliphatic rings. The van der Waals surface area contributed by atoms with Crippen LogP contribution in [0.5, 0.6) is 0 Å². The van der Waals surface area contributed by atoms with Crippen LogP contribution in [-0.4, -0.2) is 11.5 Å². The number of nitrogens with two attached hydrogens (primary N) is 1. The molecule has 2 aromatic rings. The van der Waals surface area contributed by atoms with Crippen molar-refractivity contribution in [3.63, 3.8) is 0 Å². The molecule has 2 nitrogen and oxygen atoms in total. The van der Waals surface area contributed by atoms with E-state index in [-0.39, 0.29) is 0 Å². The Morgan fingerprint density at radius 1 is 1.18 bits per heavy atom. The Kier molecular flexibility index (Phi) is 4.18. The molecular weight excluding hydrogens is 228 g/mol. The van der Waals surface area contributed by atoms with E-state index in [4.69, 9.17) is 5.73 Å². The van der Waals surface area contributed by atoms with Gasteiger partial charge in [0.25, 0.3) is 0 Å². The van der Waals surface area contributed by atoms with Gasteiger partial charge in [-0.2, -0.15) is 0 Å². The molecule has 3 heteroatoms. The quantitative estimate of drug-likeness (QED) is 0.898. The Hall–Kier alpha value is -1.32. The van der Waals surface area contributed by atoms with Gasteiger partial charge in [-0.15, -0.1) is 0 Å². The van der Waals surface area contributed by atoms with E-state index in [1.807, 2.05) is 12.3 Å². The summed E-state index contributed by atoms with van der Waals surface area (Å²) in [6, 6.07) is 12.5. The summed E-state index contributed by atoms with van der Waals surface area (Å²) in [7, 11) is 0. The molecule has 0 spiro atoms. The van der Waals surface area contributed by atoms with Gasteiger partial charge >= 0.3 is 0 Å². The highest BCUT2D eigenvalue weighted by molar-refractivity contribution is 7.99. The fourth-order valence-electron chi connectivity index (χ4n) is 1.58. The first-order valence-corrected chi connectivity index (χ1v) is 6.50. The lowest BCUT2D eigenvalue weighted by atomic mass is 10.2. The second kappa shape index (κ2) is 5.84. The number of aromatic nitrogens is 1. The van der Waals surface area contributed by atoms with Crippen LogP contribution in [0.25, 0.3) is 0 Å². The van der Waals surface area contributed by atoms with Crippen LogP contribution in [0.1, 0.15) is 11.1 Å². The number of hydrogen-bond donors (Lipinski definition) is 1. The van der Waals surface area contributed by atoms with Crippen molar-refractivity contribution in [2.24, 2.45) is 5.73 Å². The fourth-order valence-corrected chi connectivity index (χ4v) is 2.49. The van der Waals surface area contributed by atoms with Crippen molar-refractivity contribution in [1.82, 2.24) is 4.98 Å². The largest absolute Gasteiger partial charge is 0.330 e. The highest BCUT2D eigenvalue weighted by Crippen LogP contribution is 2.28. The maximum Gasteiger partial charge on any atom is 0.104 e. The summed E-state index contributed by atoms with van der Waals surface area (Å²) < 4.78 is 0. The van der Waals surface area contributed by atoms with Gasteiger partial charge in [0.1, 0.15) is 5.03 Å². The fraction of sp³-hybridized carbons (Fsp3) is 0.214. The maximum absolute atomic E-state index is 5.61. The van der Waals surface area contributed by atoms with Crippen molar-refractivity contribution in [3.05, 3.63) is 53.7 Å². The van der Waals surface area contributed by atoms with E-state index < -0.39 is 0 Å². The monoisotopic (exact) mass is 244 g/mol. The first-order chi connectivity index (χ1) is 8.29. The zero-order chi connectivity index (χ0) is 12.1. The molecule has 0 amide bonds. The molecule has 0 aliphatic carbocycles. The Morgan fingerprint density at radius 3 is 2.65 bits per heavy atom. The smallest absolute Gasteiger partial charge is 0.104 e. The van der Waals surface area contributed by atoms with E-state index in [2.05, 4.69) is 42.2 Å². The summed E-state index contributed by atoms with van der Waals surface area (Å²) >= 11 is 1.70. The first-order valence-electron chi connectivity index (χ1n) is 5.68. The molecule has 0 saturated carbocycles. The van der Waals surface area contributed by atoms with E-state index in [0.717, 1.165) is 11.4 Å². The molecule has 1 heterocycles. The van der Waals surface area contributed by atoms with Gasteiger partial charge in [-0.25, -0.2) is 4.98 Å². The normalized spacial score (nSPS) is 10.5. The van der Waals surface area contributed by atoms with Crippen molar-refractivity contribution in [1.29, 1.82) is 0 Å². The predicted molar refractivity (Wildman–Crippen MR) is 72.3 cm³/mol. The molecule has 0 unspecified atom stereocenters. The number of benzene rings is 1. The summed E-state index contributed by atoms with van der Waals surface area (Å²) in [6.45, 7) is 2.75. The van der Waals surface area contributed by atoms with Gasteiger partial charge < -0.3 is 5.73 Å². The molecule has 0 bridgehead atoms. The Labute approximate surface area is 106 Å². The van der Waals surface area contributed by atoms with E-state index in [1.54, 1.807) is 11.8 Å². The van der Waals surface area contributed by atoms with Gasteiger partial charge in [0.2, 0.25) is 0 Å². The molecule has 2 N–H and O–H groups in total. The standard InChI is InChI=1S/C14H16N2S/c1-11-4-6-13(7-5-11)17-14-12(8-9-15)3-2-10-16-14/h2-7,10H,8-9,15H2,1H3. The molecular formula is C14H16N2S. The summed E-state index contributed by atoms with van der Waals surface area (Å²) in [5.74, 6) is 0. The van der Waals surface area contributed by atoms with Crippen molar-refractivity contribution in [3.8, 4) is 0 Å². The predicted octanol–water partition coefficient (Wildman–Crippen LogP) is 3.04. The maximum atomic E-state index is 5.61. The summed E-state index contributed by atoms with van der Waals surface area (Å²) in [5, 5.41) is 1.06. The lowest BCUT2D eigenvalue weighted by molar-refractivity contribution is 0.911. The topological polar surface area (TPSA) is 38.9 Å². The van der Waals surface area contributed by atoms with E-state index >= 15 is 0 Å². The summed E-state index contributed by atoms with van der Waals surface area (Å²) in [5.41, 5.74) is 8.10. The van der Waals surface area contributed by atoms with Crippen LogP contribution in [0.2, 0.25) is 0 Å². The minimum atomic E-state index is 0.660. The van der Waals surface area contributed by atoms with Gasteiger partial charge in [0.05, 0.1) is 0 Å². The number of aryl methyl sites for hydroxylation is 1. The minimum absolute atomic E-state index is 0.660. The van der Waals surface area contributed by atoms with Crippen molar-refractivity contribution < 1.29 is 0 Å². The van der Waals surface area contributed by atoms with Crippen LogP contribution in [0.15, 0.2) is 52.5 Å². The highest BCUT2D eigenvalue weighted by atomic mass is 32.2. The molecule has 88 valence electrons. The van der Waals surface area contributed by atoms with Crippen LogP contribution < -0.4 is 5.73 Å². The molecule has 1 aromatic heterocycles. The average Bonchev–Trinajstić information content (AvgIpc) is 2.35. The lowest BCUT2D eigenvalue weighted by Crippen LogP contribution is -2.04. The van der Waals surface area contributed by atoms with Crippen LogP contribution in [0, 0.1) is 6.92 Å². The van der Waals surface area contributed by atoms with Gasteiger partial charge in [-0.3, -0.25) is 0 Å². The number of pyridine rings is 1. The molecule has 0 saturated heterocycles. The Bertz CT molecular complexity index is 480. The van der Waals surface area contributed by atoms with Crippen molar-refractivity contribution in [2.45, 2.75) is 23.3 Å². The first kappa shape index (κ1) is 12.1. The van der Waals surface area contributed by atoms with E-state index in [0.29, 0.717) is 6.54 Å². The Balaban J connectivity index is 2.20. The molecule has 0 atom stereocenters. The van der Waals surface area contributed by atoms with Gasteiger partial charge in [0, 0.05) is 11.1 Å². The number of rotatable bonds is 4. The molecule has 1 aromatic carbocycles. The van der Waals surface area contributed by atoms with E-state index in [1.165, 1.54) is 16.0 Å². The third kappa shape index (κ3) is 3.32. The Morgan fingerprint density at radius 2 is 1.94 bits per heavy atom. The van der Waals surface area contributed by atoms with Crippen LogP contribution in [0.3, 0.4) is 0 Å².